The Morgan fingerprint density at radius 3 is 3.32 bits per heavy atom. The fourth-order valence-electron chi connectivity index (χ4n) is 3.13. The third-order valence-corrected chi connectivity index (χ3v) is 4.14. The number of nitrogens with two attached hydrogens (primary N) is 1. The van der Waals surface area contributed by atoms with Gasteiger partial charge in [0.2, 0.25) is 0 Å². The van der Waals surface area contributed by atoms with Crippen LogP contribution in [0.15, 0.2) is 12.4 Å². The van der Waals surface area contributed by atoms with Gasteiger partial charge in [0.1, 0.15) is 12.1 Å². The molecule has 2 fully saturated rings. The molecule has 0 bridgehead atoms. The van der Waals surface area contributed by atoms with Crippen LogP contribution in [-0.4, -0.2) is 44.4 Å². The Bertz CT molecular complexity index is 626. The predicted octanol–water partition coefficient (Wildman–Crippen LogP) is -0.0408. The van der Waals surface area contributed by atoms with Gasteiger partial charge in [0.25, 0.3) is 5.78 Å². The number of hydrogen-bond acceptors (Lipinski definition) is 6. The molecule has 0 amide bonds. The third-order valence-electron chi connectivity index (χ3n) is 4.14. The van der Waals surface area contributed by atoms with E-state index in [9.17, 15) is 0 Å². The summed E-state index contributed by atoms with van der Waals surface area (Å²) in [6, 6.07) is 2.23. The first-order valence-electron chi connectivity index (χ1n) is 6.55. The molecule has 4 rings (SSSR count). The summed E-state index contributed by atoms with van der Waals surface area (Å²) < 4.78 is 7.42. The lowest BCUT2D eigenvalue weighted by molar-refractivity contribution is 0.00517. The number of hydrogen-bond donors (Lipinski definition) is 2. The van der Waals surface area contributed by atoms with Gasteiger partial charge in [-0.1, -0.05) is 0 Å². The largest absolute Gasteiger partial charge is 0.376 e. The fraction of sp³-hybridized carbons (Fsp3) is 0.583. The van der Waals surface area contributed by atoms with Crippen molar-refractivity contribution in [3.05, 3.63) is 18.1 Å². The molecule has 7 nitrogen and oxygen atoms in total. The summed E-state index contributed by atoms with van der Waals surface area (Å²) in [6.45, 7) is 2.75. The SMILES string of the molecule is Cc1cc(NC2C(N)C3CCOC32)n2ncnc2n1. The van der Waals surface area contributed by atoms with Crippen LogP contribution in [0, 0.1) is 12.8 Å². The van der Waals surface area contributed by atoms with E-state index in [0.717, 1.165) is 24.5 Å². The van der Waals surface area contributed by atoms with Gasteiger partial charge in [-0.25, -0.2) is 4.98 Å². The molecule has 0 radical (unpaired) electrons. The normalized spacial score (nSPS) is 33.2. The maximum Gasteiger partial charge on any atom is 0.254 e. The minimum atomic E-state index is 0.138. The second-order valence-electron chi connectivity index (χ2n) is 5.29. The van der Waals surface area contributed by atoms with Gasteiger partial charge in [-0.2, -0.15) is 14.6 Å². The Morgan fingerprint density at radius 2 is 2.42 bits per heavy atom. The number of aryl methyl sites for hydroxylation is 1. The molecule has 3 N–H and O–H groups in total. The van der Waals surface area contributed by atoms with Gasteiger partial charge in [0.05, 0.1) is 12.1 Å². The van der Waals surface area contributed by atoms with Crippen LogP contribution in [0.2, 0.25) is 0 Å². The molecule has 1 saturated heterocycles. The number of aromatic nitrogens is 4. The summed E-state index contributed by atoms with van der Waals surface area (Å²) in [5.41, 5.74) is 7.11. The van der Waals surface area contributed by atoms with Crippen LogP contribution in [0.1, 0.15) is 12.1 Å². The highest BCUT2D eigenvalue weighted by Crippen LogP contribution is 2.39. The first kappa shape index (κ1) is 11.1. The van der Waals surface area contributed by atoms with Crippen molar-refractivity contribution < 1.29 is 4.74 Å². The predicted molar refractivity (Wildman–Crippen MR) is 68.8 cm³/mol. The first-order chi connectivity index (χ1) is 9.24. The van der Waals surface area contributed by atoms with Gasteiger partial charge >= 0.3 is 0 Å². The highest BCUT2D eigenvalue weighted by atomic mass is 16.5. The zero-order chi connectivity index (χ0) is 13.0. The molecular weight excluding hydrogens is 244 g/mol. The lowest BCUT2D eigenvalue weighted by atomic mass is 9.72. The van der Waals surface area contributed by atoms with Crippen LogP contribution in [-0.2, 0) is 4.74 Å². The standard InChI is InChI=1S/C12H16N6O/c1-6-4-8(18-12(16-6)14-5-15-18)17-10-9(13)7-2-3-19-11(7)10/h4-5,7,9-11,17H,2-3,13H2,1H3. The van der Waals surface area contributed by atoms with Gasteiger partial charge in [-0.05, 0) is 13.3 Å². The molecule has 0 spiro atoms. The maximum absolute atomic E-state index is 6.21. The molecule has 1 aliphatic carbocycles. The van der Waals surface area contributed by atoms with Crippen LogP contribution >= 0.6 is 0 Å². The van der Waals surface area contributed by atoms with E-state index in [1.54, 1.807) is 4.52 Å². The van der Waals surface area contributed by atoms with Crippen molar-refractivity contribution in [1.29, 1.82) is 0 Å². The van der Waals surface area contributed by atoms with Gasteiger partial charge in [-0.3, -0.25) is 0 Å². The Labute approximate surface area is 110 Å². The van der Waals surface area contributed by atoms with Crippen LogP contribution in [0.25, 0.3) is 5.78 Å². The number of anilines is 1. The second-order valence-corrected chi connectivity index (χ2v) is 5.29. The Kier molecular flexibility index (Phi) is 2.27. The first-order valence-corrected chi connectivity index (χ1v) is 6.55. The summed E-state index contributed by atoms with van der Waals surface area (Å²) in [5, 5.41) is 7.62. The quantitative estimate of drug-likeness (QED) is 0.787. The Hall–Kier alpha value is -1.73. The molecule has 2 aromatic heterocycles. The van der Waals surface area contributed by atoms with Crippen molar-refractivity contribution in [2.24, 2.45) is 11.7 Å². The van der Waals surface area contributed by atoms with Crippen molar-refractivity contribution in [1.82, 2.24) is 19.6 Å². The molecule has 19 heavy (non-hydrogen) atoms. The molecule has 100 valence electrons. The summed E-state index contributed by atoms with van der Waals surface area (Å²) in [6.07, 6.45) is 2.79. The zero-order valence-electron chi connectivity index (χ0n) is 10.7. The van der Waals surface area contributed by atoms with E-state index in [1.807, 2.05) is 13.0 Å². The molecule has 4 unspecified atom stereocenters. The van der Waals surface area contributed by atoms with Crippen molar-refractivity contribution in [2.75, 3.05) is 11.9 Å². The van der Waals surface area contributed by atoms with E-state index in [2.05, 4.69) is 20.4 Å². The third kappa shape index (κ3) is 1.55. The number of rotatable bonds is 2. The molecule has 2 aromatic rings. The Balaban J connectivity index is 1.66. The maximum atomic E-state index is 6.21. The molecule has 0 aromatic carbocycles. The molecule has 4 atom stereocenters. The molecule has 2 aliphatic rings. The van der Waals surface area contributed by atoms with Gasteiger partial charge in [0, 0.05) is 30.3 Å². The van der Waals surface area contributed by atoms with Crippen LogP contribution in [0.5, 0.6) is 0 Å². The van der Waals surface area contributed by atoms with Gasteiger partial charge < -0.3 is 15.8 Å². The number of nitrogens with one attached hydrogen (secondary N) is 1. The zero-order valence-corrected chi connectivity index (χ0v) is 10.7. The second kappa shape index (κ2) is 3.88. The summed E-state index contributed by atoms with van der Waals surface area (Å²) in [5.74, 6) is 1.96. The molecule has 3 heterocycles. The number of nitrogens with zero attached hydrogens (tertiary/aromatic N) is 4. The van der Waals surface area contributed by atoms with Crippen LogP contribution < -0.4 is 11.1 Å². The summed E-state index contributed by atoms with van der Waals surface area (Å²) in [7, 11) is 0. The van der Waals surface area contributed by atoms with Crippen molar-refractivity contribution in [2.45, 2.75) is 31.5 Å². The molecule has 7 heteroatoms. The van der Waals surface area contributed by atoms with Gasteiger partial charge in [0.15, 0.2) is 0 Å². The average Bonchev–Trinajstić information content (AvgIpc) is 3.01. The highest BCUT2D eigenvalue weighted by molar-refractivity contribution is 5.46. The number of ether oxygens (including phenoxy) is 1. The minimum absolute atomic E-state index is 0.138. The monoisotopic (exact) mass is 260 g/mol. The highest BCUT2D eigenvalue weighted by Gasteiger charge is 2.52. The molecule has 1 saturated carbocycles. The van der Waals surface area contributed by atoms with E-state index in [-0.39, 0.29) is 18.2 Å². The van der Waals surface area contributed by atoms with E-state index < -0.39 is 0 Å². The molecular formula is C12H16N6O. The van der Waals surface area contributed by atoms with E-state index in [4.69, 9.17) is 10.5 Å². The lowest BCUT2D eigenvalue weighted by Gasteiger charge is -2.46. The van der Waals surface area contributed by atoms with Crippen molar-refractivity contribution in [3.63, 3.8) is 0 Å². The van der Waals surface area contributed by atoms with Crippen molar-refractivity contribution in [3.8, 4) is 0 Å². The number of fused-ring (bicyclic) bond motifs is 2. The fourth-order valence-corrected chi connectivity index (χ4v) is 3.13. The van der Waals surface area contributed by atoms with E-state index in [0.29, 0.717) is 11.7 Å². The van der Waals surface area contributed by atoms with Crippen LogP contribution in [0.3, 0.4) is 0 Å². The smallest absolute Gasteiger partial charge is 0.254 e. The minimum Gasteiger partial charge on any atom is -0.376 e. The van der Waals surface area contributed by atoms with Crippen molar-refractivity contribution >= 4 is 11.6 Å². The van der Waals surface area contributed by atoms with Gasteiger partial charge in [-0.15, -0.1) is 0 Å². The topological polar surface area (TPSA) is 90.4 Å². The molecule has 1 aliphatic heterocycles. The lowest BCUT2D eigenvalue weighted by Crippen LogP contribution is -2.65. The van der Waals surface area contributed by atoms with E-state index >= 15 is 0 Å². The van der Waals surface area contributed by atoms with Crippen LogP contribution in [0.4, 0.5) is 5.82 Å². The Morgan fingerprint density at radius 1 is 1.53 bits per heavy atom. The average molecular weight is 260 g/mol. The summed E-state index contributed by atoms with van der Waals surface area (Å²) in [4.78, 5) is 8.43. The summed E-state index contributed by atoms with van der Waals surface area (Å²) >= 11 is 0. The van der Waals surface area contributed by atoms with E-state index in [1.165, 1.54) is 6.33 Å².